The van der Waals surface area contributed by atoms with Gasteiger partial charge in [0.05, 0.1) is 18.3 Å². The standard InChI is InChI=1S/C18H19FN4O/c1-3-16(15-9-4-5-10-20-15)23(2)12-17-21-22-18(24-17)13-7-6-8-14(19)11-13/h4-11,16H,3,12H2,1-2H3/t16-/m0/s1. The summed E-state index contributed by atoms with van der Waals surface area (Å²) in [5.74, 6) is 0.487. The molecule has 0 fully saturated rings. The summed E-state index contributed by atoms with van der Waals surface area (Å²) in [5.41, 5.74) is 1.58. The first-order valence-electron chi connectivity index (χ1n) is 7.87. The van der Waals surface area contributed by atoms with Gasteiger partial charge in [-0.2, -0.15) is 0 Å². The molecule has 24 heavy (non-hydrogen) atoms. The van der Waals surface area contributed by atoms with E-state index in [4.69, 9.17) is 4.42 Å². The molecule has 5 nitrogen and oxygen atoms in total. The lowest BCUT2D eigenvalue weighted by Crippen LogP contribution is -2.24. The summed E-state index contributed by atoms with van der Waals surface area (Å²) in [5, 5.41) is 8.08. The van der Waals surface area contributed by atoms with E-state index >= 15 is 0 Å². The van der Waals surface area contributed by atoms with Gasteiger partial charge in [0, 0.05) is 11.8 Å². The molecule has 0 aliphatic rings. The van der Waals surface area contributed by atoms with Crippen LogP contribution in [0.5, 0.6) is 0 Å². The van der Waals surface area contributed by atoms with Gasteiger partial charge in [-0.3, -0.25) is 9.88 Å². The molecular weight excluding hydrogens is 307 g/mol. The number of halogens is 1. The summed E-state index contributed by atoms with van der Waals surface area (Å²) in [6, 6.07) is 12.2. The molecule has 0 aliphatic carbocycles. The second kappa shape index (κ2) is 7.31. The molecule has 124 valence electrons. The second-order valence-corrected chi connectivity index (χ2v) is 5.61. The van der Waals surface area contributed by atoms with Gasteiger partial charge < -0.3 is 4.42 Å². The average molecular weight is 326 g/mol. The van der Waals surface area contributed by atoms with Crippen LogP contribution in [0.1, 0.15) is 31.0 Å². The van der Waals surface area contributed by atoms with Crippen LogP contribution >= 0.6 is 0 Å². The highest BCUT2D eigenvalue weighted by molar-refractivity contribution is 5.52. The molecule has 1 aromatic carbocycles. The zero-order chi connectivity index (χ0) is 16.9. The Hall–Kier alpha value is -2.60. The molecule has 1 atom stereocenters. The van der Waals surface area contributed by atoms with Crippen molar-refractivity contribution in [1.82, 2.24) is 20.1 Å². The Kier molecular flexibility index (Phi) is 4.96. The molecule has 0 bridgehead atoms. The van der Waals surface area contributed by atoms with Crippen LogP contribution in [-0.4, -0.2) is 27.1 Å². The Balaban J connectivity index is 1.74. The third-order valence-electron chi connectivity index (χ3n) is 3.87. The predicted octanol–water partition coefficient (Wildman–Crippen LogP) is 3.85. The number of hydrogen-bond donors (Lipinski definition) is 0. The number of benzene rings is 1. The number of aromatic nitrogens is 3. The van der Waals surface area contributed by atoms with Crippen molar-refractivity contribution in [3.8, 4) is 11.5 Å². The van der Waals surface area contributed by atoms with Crippen molar-refractivity contribution in [2.45, 2.75) is 25.9 Å². The van der Waals surface area contributed by atoms with E-state index in [1.54, 1.807) is 18.3 Å². The van der Waals surface area contributed by atoms with Crippen LogP contribution in [0.3, 0.4) is 0 Å². The van der Waals surface area contributed by atoms with Gasteiger partial charge in [0.2, 0.25) is 11.8 Å². The Labute approximate surface area is 140 Å². The van der Waals surface area contributed by atoms with E-state index in [9.17, 15) is 4.39 Å². The second-order valence-electron chi connectivity index (χ2n) is 5.61. The van der Waals surface area contributed by atoms with Gasteiger partial charge in [-0.15, -0.1) is 10.2 Å². The minimum absolute atomic E-state index is 0.163. The molecule has 0 unspecified atom stereocenters. The first-order valence-corrected chi connectivity index (χ1v) is 7.87. The maximum absolute atomic E-state index is 13.3. The summed E-state index contributed by atoms with van der Waals surface area (Å²) in [4.78, 5) is 6.54. The normalized spacial score (nSPS) is 12.5. The minimum atomic E-state index is -0.328. The van der Waals surface area contributed by atoms with Crippen molar-refractivity contribution in [3.63, 3.8) is 0 Å². The maximum Gasteiger partial charge on any atom is 0.247 e. The van der Waals surface area contributed by atoms with E-state index in [-0.39, 0.29) is 11.9 Å². The van der Waals surface area contributed by atoms with Crippen molar-refractivity contribution in [1.29, 1.82) is 0 Å². The predicted molar refractivity (Wildman–Crippen MR) is 88.4 cm³/mol. The highest BCUT2D eigenvalue weighted by atomic mass is 19.1. The highest BCUT2D eigenvalue weighted by Gasteiger charge is 2.19. The van der Waals surface area contributed by atoms with Gasteiger partial charge in [-0.25, -0.2) is 4.39 Å². The lowest BCUT2D eigenvalue weighted by Gasteiger charge is -2.25. The summed E-state index contributed by atoms with van der Waals surface area (Å²) in [7, 11) is 1.99. The van der Waals surface area contributed by atoms with Crippen molar-refractivity contribution >= 4 is 0 Å². The Bertz CT molecular complexity index is 790. The van der Waals surface area contributed by atoms with Gasteiger partial charge in [-0.1, -0.05) is 19.1 Å². The number of pyridine rings is 1. The van der Waals surface area contributed by atoms with Crippen LogP contribution in [0.4, 0.5) is 4.39 Å². The molecular formula is C18H19FN4O. The molecule has 0 amide bonds. The number of rotatable bonds is 6. The molecule has 2 aromatic heterocycles. The summed E-state index contributed by atoms with van der Waals surface area (Å²) in [6.45, 7) is 2.61. The van der Waals surface area contributed by atoms with Gasteiger partial charge in [0.15, 0.2) is 0 Å². The number of hydrogen-bond acceptors (Lipinski definition) is 5. The summed E-state index contributed by atoms with van der Waals surface area (Å²) < 4.78 is 19.0. The van der Waals surface area contributed by atoms with Crippen LogP contribution < -0.4 is 0 Å². The molecule has 0 N–H and O–H groups in total. The summed E-state index contributed by atoms with van der Waals surface area (Å²) >= 11 is 0. The van der Waals surface area contributed by atoms with Crippen LogP contribution in [0, 0.1) is 5.82 Å². The monoisotopic (exact) mass is 326 g/mol. The third kappa shape index (κ3) is 3.65. The minimum Gasteiger partial charge on any atom is -0.419 e. The van der Waals surface area contributed by atoms with E-state index < -0.39 is 0 Å². The first-order chi connectivity index (χ1) is 11.7. The lowest BCUT2D eigenvalue weighted by molar-refractivity contribution is 0.205. The molecule has 0 spiro atoms. The van der Waals surface area contributed by atoms with E-state index in [1.807, 2.05) is 25.2 Å². The number of nitrogens with zero attached hydrogens (tertiary/aromatic N) is 4. The zero-order valence-corrected chi connectivity index (χ0v) is 13.7. The molecule has 0 radical (unpaired) electrons. The lowest BCUT2D eigenvalue weighted by atomic mass is 10.1. The first kappa shape index (κ1) is 16.3. The van der Waals surface area contributed by atoms with Crippen LogP contribution in [0.2, 0.25) is 0 Å². The van der Waals surface area contributed by atoms with E-state index in [2.05, 4.69) is 27.0 Å². The van der Waals surface area contributed by atoms with E-state index in [1.165, 1.54) is 12.1 Å². The fraction of sp³-hybridized carbons (Fsp3) is 0.278. The van der Waals surface area contributed by atoms with Crippen molar-refractivity contribution < 1.29 is 8.81 Å². The maximum atomic E-state index is 13.3. The molecule has 3 aromatic rings. The van der Waals surface area contributed by atoms with Crippen LogP contribution in [-0.2, 0) is 6.54 Å². The van der Waals surface area contributed by atoms with Gasteiger partial charge in [-0.05, 0) is 43.8 Å². The van der Waals surface area contributed by atoms with E-state index in [0.29, 0.717) is 23.9 Å². The van der Waals surface area contributed by atoms with Crippen molar-refractivity contribution in [3.05, 3.63) is 66.1 Å². The SMILES string of the molecule is CC[C@@H](c1ccccn1)N(C)Cc1nnc(-c2cccc(F)c2)o1. The smallest absolute Gasteiger partial charge is 0.247 e. The quantitative estimate of drug-likeness (QED) is 0.688. The zero-order valence-electron chi connectivity index (χ0n) is 13.7. The average Bonchev–Trinajstić information content (AvgIpc) is 3.05. The molecule has 0 saturated carbocycles. The van der Waals surface area contributed by atoms with Crippen molar-refractivity contribution in [2.24, 2.45) is 0 Å². The highest BCUT2D eigenvalue weighted by Crippen LogP contribution is 2.24. The molecule has 0 aliphatic heterocycles. The topological polar surface area (TPSA) is 55.1 Å². The largest absolute Gasteiger partial charge is 0.419 e. The fourth-order valence-corrected chi connectivity index (χ4v) is 2.70. The van der Waals surface area contributed by atoms with Gasteiger partial charge in [0.1, 0.15) is 5.82 Å². The molecule has 6 heteroatoms. The van der Waals surface area contributed by atoms with Gasteiger partial charge >= 0.3 is 0 Å². The van der Waals surface area contributed by atoms with Crippen LogP contribution in [0.15, 0.2) is 53.1 Å². The van der Waals surface area contributed by atoms with Crippen LogP contribution in [0.25, 0.3) is 11.5 Å². The van der Waals surface area contributed by atoms with Gasteiger partial charge in [0.25, 0.3) is 0 Å². The van der Waals surface area contributed by atoms with Crippen molar-refractivity contribution in [2.75, 3.05) is 7.05 Å². The Morgan fingerprint density at radius 1 is 1.17 bits per heavy atom. The Morgan fingerprint density at radius 2 is 2.04 bits per heavy atom. The third-order valence-corrected chi connectivity index (χ3v) is 3.87. The molecule has 2 heterocycles. The van der Waals surface area contributed by atoms with E-state index in [0.717, 1.165) is 12.1 Å². The summed E-state index contributed by atoms with van der Waals surface area (Å²) in [6.07, 6.45) is 2.71. The Morgan fingerprint density at radius 3 is 2.75 bits per heavy atom. The molecule has 3 rings (SSSR count). The fourth-order valence-electron chi connectivity index (χ4n) is 2.70. The molecule has 0 saturated heterocycles.